The lowest BCUT2D eigenvalue weighted by molar-refractivity contribution is -0.117. The Labute approximate surface area is 97.6 Å². The summed E-state index contributed by atoms with van der Waals surface area (Å²) in [5.74, 6) is 0.299. The van der Waals surface area contributed by atoms with Crippen molar-refractivity contribution in [1.82, 2.24) is 0 Å². The number of carbonyl (C=O) groups excluding carboxylic acids is 1. The van der Waals surface area contributed by atoms with Gasteiger partial charge < -0.3 is 9.53 Å². The van der Waals surface area contributed by atoms with E-state index < -0.39 is 0 Å². The average Bonchev–Trinajstić information content (AvgIpc) is 2.30. The highest BCUT2D eigenvalue weighted by Gasteiger charge is 2.20. The van der Waals surface area contributed by atoms with Crippen molar-refractivity contribution < 1.29 is 9.53 Å². The van der Waals surface area contributed by atoms with E-state index in [1.165, 1.54) is 0 Å². The van der Waals surface area contributed by atoms with Gasteiger partial charge in [-0.15, -0.1) is 0 Å². The van der Waals surface area contributed by atoms with E-state index in [0.717, 1.165) is 11.8 Å². The molecule has 88 valence electrons. The number of ether oxygens (including phenoxy) is 1. The van der Waals surface area contributed by atoms with Crippen molar-refractivity contribution in [3.8, 4) is 0 Å². The molecular formula is C14H20O2. The largest absolute Gasteiger partial charge is 0.373 e. The highest BCUT2D eigenvalue weighted by Crippen LogP contribution is 2.17. The third kappa shape index (κ3) is 3.78. The lowest BCUT2D eigenvalue weighted by Crippen LogP contribution is -2.28. The molecule has 2 heteroatoms. The van der Waals surface area contributed by atoms with Crippen LogP contribution in [0.3, 0.4) is 0 Å². The van der Waals surface area contributed by atoms with E-state index in [2.05, 4.69) is 13.8 Å². The summed E-state index contributed by atoms with van der Waals surface area (Å²) in [6.07, 6.45) is 0.966. The average molecular weight is 220 g/mol. The van der Waals surface area contributed by atoms with Gasteiger partial charge in [-0.05, 0) is 11.5 Å². The topological polar surface area (TPSA) is 26.3 Å². The third-order valence-electron chi connectivity index (χ3n) is 2.68. The zero-order chi connectivity index (χ0) is 12.0. The molecule has 0 fully saturated rings. The van der Waals surface area contributed by atoms with Crippen LogP contribution < -0.4 is 0 Å². The van der Waals surface area contributed by atoms with E-state index in [4.69, 9.17) is 4.74 Å². The number of rotatable bonds is 6. The molecule has 2 nitrogen and oxygen atoms in total. The Morgan fingerprint density at radius 1 is 1.19 bits per heavy atom. The predicted molar refractivity (Wildman–Crippen MR) is 65.1 cm³/mol. The first-order chi connectivity index (χ1) is 7.65. The summed E-state index contributed by atoms with van der Waals surface area (Å²) < 4.78 is 5.81. The number of carbonyl (C=O) groups is 1. The predicted octanol–water partition coefficient (Wildman–Crippen LogP) is 3.06. The first kappa shape index (κ1) is 12.9. The molecule has 1 rings (SSSR count). The fourth-order valence-corrected chi connectivity index (χ4v) is 1.80. The minimum absolute atomic E-state index is 0.00212. The number of benzene rings is 1. The Kier molecular flexibility index (Phi) is 5.20. The monoisotopic (exact) mass is 220 g/mol. The van der Waals surface area contributed by atoms with Crippen LogP contribution in [0.1, 0.15) is 26.3 Å². The van der Waals surface area contributed by atoms with Crippen LogP contribution in [0.2, 0.25) is 0 Å². The van der Waals surface area contributed by atoms with E-state index in [0.29, 0.717) is 12.5 Å². The molecule has 0 bridgehead atoms. The summed E-state index contributed by atoms with van der Waals surface area (Å²) in [4.78, 5) is 10.8. The molecule has 0 N–H and O–H groups in total. The highest BCUT2D eigenvalue weighted by molar-refractivity contribution is 5.53. The van der Waals surface area contributed by atoms with E-state index in [1.807, 2.05) is 37.3 Å². The summed E-state index contributed by atoms with van der Waals surface area (Å²) in [6.45, 7) is 6.63. The molecule has 1 aromatic carbocycles. The summed E-state index contributed by atoms with van der Waals surface area (Å²) in [7, 11) is 0. The molecule has 0 radical (unpaired) electrons. The van der Waals surface area contributed by atoms with E-state index in [9.17, 15) is 4.79 Å². The Balaban J connectivity index is 2.54. The van der Waals surface area contributed by atoms with Crippen molar-refractivity contribution in [2.24, 2.45) is 11.8 Å². The van der Waals surface area contributed by atoms with Gasteiger partial charge in [0.2, 0.25) is 0 Å². The van der Waals surface area contributed by atoms with Gasteiger partial charge in [0.25, 0.3) is 0 Å². The Morgan fingerprint density at radius 2 is 1.81 bits per heavy atom. The third-order valence-corrected chi connectivity index (χ3v) is 2.68. The van der Waals surface area contributed by atoms with E-state index in [1.54, 1.807) is 0 Å². The summed E-state index contributed by atoms with van der Waals surface area (Å²) >= 11 is 0. The standard InChI is InChI=1S/C14H20O2/c1-11(2)14(12(3)9-15)16-10-13-7-5-4-6-8-13/h4-9,11-12,14H,10H2,1-3H3/t12-,14-/m1/s1. The summed E-state index contributed by atoms with van der Waals surface area (Å²) in [5.41, 5.74) is 1.14. The maximum absolute atomic E-state index is 10.8. The zero-order valence-electron chi connectivity index (χ0n) is 10.2. The van der Waals surface area contributed by atoms with Crippen LogP contribution in [0.5, 0.6) is 0 Å². The normalized spacial score (nSPS) is 14.8. The Bertz CT molecular complexity index is 306. The van der Waals surface area contributed by atoms with E-state index in [-0.39, 0.29) is 12.0 Å². The highest BCUT2D eigenvalue weighted by atomic mass is 16.5. The second-order valence-corrected chi connectivity index (χ2v) is 4.50. The minimum atomic E-state index is -0.0521. The Hall–Kier alpha value is -1.15. The maximum Gasteiger partial charge on any atom is 0.125 e. The zero-order valence-corrected chi connectivity index (χ0v) is 10.2. The molecule has 0 spiro atoms. The van der Waals surface area contributed by atoms with Gasteiger partial charge in [-0.25, -0.2) is 0 Å². The fraction of sp³-hybridized carbons (Fsp3) is 0.500. The van der Waals surface area contributed by atoms with Gasteiger partial charge in [-0.2, -0.15) is 0 Å². The quantitative estimate of drug-likeness (QED) is 0.689. The minimum Gasteiger partial charge on any atom is -0.373 e. The molecule has 0 aliphatic carbocycles. The fourth-order valence-electron chi connectivity index (χ4n) is 1.80. The van der Waals surface area contributed by atoms with Gasteiger partial charge in [0.15, 0.2) is 0 Å². The van der Waals surface area contributed by atoms with Crippen molar-refractivity contribution in [3.05, 3.63) is 35.9 Å². The molecular weight excluding hydrogens is 200 g/mol. The molecule has 0 aliphatic rings. The lowest BCUT2D eigenvalue weighted by Gasteiger charge is -2.24. The maximum atomic E-state index is 10.8. The molecule has 0 aliphatic heterocycles. The van der Waals surface area contributed by atoms with Crippen LogP contribution in [-0.4, -0.2) is 12.4 Å². The number of hydrogen-bond donors (Lipinski definition) is 0. The first-order valence-corrected chi connectivity index (χ1v) is 5.76. The van der Waals surface area contributed by atoms with Gasteiger partial charge in [-0.3, -0.25) is 0 Å². The van der Waals surface area contributed by atoms with Crippen molar-refractivity contribution >= 4 is 6.29 Å². The molecule has 16 heavy (non-hydrogen) atoms. The van der Waals surface area contributed by atoms with Gasteiger partial charge in [0.1, 0.15) is 6.29 Å². The smallest absolute Gasteiger partial charge is 0.125 e. The molecule has 0 saturated heterocycles. The first-order valence-electron chi connectivity index (χ1n) is 5.76. The van der Waals surface area contributed by atoms with E-state index >= 15 is 0 Å². The van der Waals surface area contributed by atoms with Crippen LogP contribution in [0.15, 0.2) is 30.3 Å². The van der Waals surface area contributed by atoms with Crippen molar-refractivity contribution in [2.45, 2.75) is 33.5 Å². The number of hydrogen-bond acceptors (Lipinski definition) is 2. The summed E-state index contributed by atoms with van der Waals surface area (Å²) in [6, 6.07) is 10.0. The van der Waals surface area contributed by atoms with Crippen LogP contribution in [-0.2, 0) is 16.1 Å². The molecule has 0 unspecified atom stereocenters. The molecule has 0 heterocycles. The van der Waals surface area contributed by atoms with Crippen molar-refractivity contribution in [3.63, 3.8) is 0 Å². The van der Waals surface area contributed by atoms with Gasteiger partial charge in [0.05, 0.1) is 12.7 Å². The van der Waals surface area contributed by atoms with Crippen LogP contribution in [0, 0.1) is 11.8 Å². The van der Waals surface area contributed by atoms with Gasteiger partial charge >= 0.3 is 0 Å². The van der Waals surface area contributed by atoms with Crippen LogP contribution >= 0.6 is 0 Å². The molecule has 0 aromatic heterocycles. The molecule has 0 amide bonds. The van der Waals surface area contributed by atoms with Crippen molar-refractivity contribution in [2.75, 3.05) is 0 Å². The van der Waals surface area contributed by atoms with Gasteiger partial charge in [-0.1, -0.05) is 51.1 Å². The SMILES string of the molecule is CC(C)[C@@H](OCc1ccccc1)[C@H](C)C=O. The number of aldehydes is 1. The van der Waals surface area contributed by atoms with Gasteiger partial charge in [0, 0.05) is 5.92 Å². The molecule has 0 saturated carbocycles. The molecule has 1 aromatic rings. The second-order valence-electron chi connectivity index (χ2n) is 4.50. The lowest BCUT2D eigenvalue weighted by atomic mass is 9.96. The van der Waals surface area contributed by atoms with Crippen molar-refractivity contribution in [1.29, 1.82) is 0 Å². The summed E-state index contributed by atoms with van der Waals surface area (Å²) in [5, 5.41) is 0. The second kappa shape index (κ2) is 6.44. The molecule has 2 atom stereocenters. The Morgan fingerprint density at radius 3 is 2.31 bits per heavy atom. The van der Waals surface area contributed by atoms with Crippen LogP contribution in [0.25, 0.3) is 0 Å². The van der Waals surface area contributed by atoms with Crippen LogP contribution in [0.4, 0.5) is 0 Å².